The molecule has 0 unspecified atom stereocenters. The van der Waals surface area contributed by atoms with E-state index in [0.29, 0.717) is 0 Å². The van der Waals surface area contributed by atoms with E-state index in [4.69, 9.17) is 4.74 Å². The molecule has 0 atom stereocenters. The van der Waals surface area contributed by atoms with E-state index in [1.165, 1.54) is 70.6 Å². The molecule has 0 spiro atoms. The maximum absolute atomic E-state index is 5.64. The first-order valence-corrected chi connectivity index (χ1v) is 8.93. The van der Waals surface area contributed by atoms with E-state index in [1.807, 2.05) is 30.3 Å². The van der Waals surface area contributed by atoms with Crippen LogP contribution in [0.15, 0.2) is 30.3 Å². The summed E-state index contributed by atoms with van der Waals surface area (Å²) in [7, 11) is 0. The first-order chi connectivity index (χ1) is 10.4. The number of ether oxygens (including phenoxy) is 1. The second-order valence-electron chi connectivity index (χ2n) is 5.88. The van der Waals surface area contributed by atoms with Gasteiger partial charge in [0, 0.05) is 0 Å². The summed E-state index contributed by atoms with van der Waals surface area (Å²) in [5, 5.41) is 0. The average molecular weight is 289 g/mol. The molecule has 21 heavy (non-hydrogen) atoms. The van der Waals surface area contributed by atoms with Crippen molar-refractivity contribution in [2.45, 2.75) is 77.6 Å². The molecule has 1 heteroatoms. The summed E-state index contributed by atoms with van der Waals surface area (Å²) in [4.78, 5) is 0. The fourth-order valence-corrected chi connectivity index (χ4v) is 2.53. The normalized spacial score (nSPS) is 10.7. The van der Waals surface area contributed by atoms with Crippen molar-refractivity contribution in [1.82, 2.24) is 0 Å². The van der Waals surface area contributed by atoms with Gasteiger partial charge in [-0.2, -0.15) is 0 Å². The largest absolute Gasteiger partial charge is 0.493 e. The Morgan fingerprint density at radius 1 is 0.762 bits per heavy atom. The standard InChI is InChI=1S/C20H33O/c1-2-3-4-5-6-7-8-9-10-11-12-16-19-21-20-17-14-13-15-18-20/h13-18H,2-12,19H2,1H3. The average Bonchev–Trinajstić information content (AvgIpc) is 2.53. The van der Waals surface area contributed by atoms with Crippen molar-refractivity contribution in [3.63, 3.8) is 0 Å². The number of hydrogen-bond acceptors (Lipinski definition) is 1. The molecule has 0 fully saturated rings. The van der Waals surface area contributed by atoms with Crippen LogP contribution in [0.5, 0.6) is 5.75 Å². The third-order valence-electron chi connectivity index (χ3n) is 3.87. The summed E-state index contributed by atoms with van der Waals surface area (Å²) in [6.45, 7) is 3.02. The highest BCUT2D eigenvalue weighted by atomic mass is 16.5. The molecule has 119 valence electrons. The van der Waals surface area contributed by atoms with Gasteiger partial charge in [-0.25, -0.2) is 0 Å². The minimum absolute atomic E-state index is 0.738. The smallest absolute Gasteiger partial charge is 0.119 e. The van der Waals surface area contributed by atoms with Crippen LogP contribution in [0, 0.1) is 6.42 Å². The van der Waals surface area contributed by atoms with Gasteiger partial charge in [-0.1, -0.05) is 89.3 Å². The van der Waals surface area contributed by atoms with Gasteiger partial charge < -0.3 is 4.74 Å². The number of rotatable bonds is 14. The summed E-state index contributed by atoms with van der Waals surface area (Å²) in [6, 6.07) is 10.1. The number of unbranched alkanes of at least 4 members (excludes halogenated alkanes) is 11. The van der Waals surface area contributed by atoms with Gasteiger partial charge in [0.2, 0.25) is 0 Å². The first kappa shape index (κ1) is 18.1. The Morgan fingerprint density at radius 2 is 1.33 bits per heavy atom. The third-order valence-corrected chi connectivity index (χ3v) is 3.87. The number of para-hydroxylation sites is 1. The molecule has 1 radical (unpaired) electrons. The molecule has 1 aromatic carbocycles. The van der Waals surface area contributed by atoms with Gasteiger partial charge in [0.05, 0.1) is 6.61 Å². The summed E-state index contributed by atoms with van der Waals surface area (Å²) < 4.78 is 5.64. The molecule has 0 aromatic heterocycles. The maximum atomic E-state index is 5.64. The summed E-state index contributed by atoms with van der Waals surface area (Å²) in [6.07, 6.45) is 17.5. The fraction of sp³-hybridized carbons (Fsp3) is 0.650. The lowest BCUT2D eigenvalue weighted by molar-refractivity contribution is 0.343. The van der Waals surface area contributed by atoms with Gasteiger partial charge in [-0.15, -0.1) is 0 Å². The highest BCUT2D eigenvalue weighted by molar-refractivity contribution is 5.20. The van der Waals surface area contributed by atoms with Crippen molar-refractivity contribution in [3.8, 4) is 5.75 Å². The molecule has 0 heterocycles. The second-order valence-corrected chi connectivity index (χ2v) is 5.88. The lowest BCUT2D eigenvalue weighted by Gasteiger charge is -2.05. The van der Waals surface area contributed by atoms with Gasteiger partial charge in [0.1, 0.15) is 5.75 Å². The summed E-state index contributed by atoms with van der Waals surface area (Å²) in [5.41, 5.74) is 0. The topological polar surface area (TPSA) is 9.23 Å². The van der Waals surface area contributed by atoms with Gasteiger partial charge in [0.15, 0.2) is 0 Å². The fourth-order valence-electron chi connectivity index (χ4n) is 2.53. The van der Waals surface area contributed by atoms with Crippen LogP contribution in [0.25, 0.3) is 0 Å². The zero-order chi connectivity index (χ0) is 15.0. The lowest BCUT2D eigenvalue weighted by atomic mass is 10.1. The third kappa shape index (κ3) is 11.4. The van der Waals surface area contributed by atoms with Gasteiger partial charge in [-0.3, -0.25) is 0 Å². The van der Waals surface area contributed by atoms with E-state index in [2.05, 4.69) is 13.3 Å². The molecule has 1 nitrogen and oxygen atoms in total. The van der Waals surface area contributed by atoms with Crippen LogP contribution in [-0.4, -0.2) is 6.61 Å². The zero-order valence-corrected chi connectivity index (χ0v) is 13.9. The van der Waals surface area contributed by atoms with E-state index in [-0.39, 0.29) is 0 Å². The van der Waals surface area contributed by atoms with Crippen LogP contribution < -0.4 is 4.74 Å². The van der Waals surface area contributed by atoms with Crippen LogP contribution in [0.2, 0.25) is 0 Å². The van der Waals surface area contributed by atoms with E-state index in [0.717, 1.165) is 12.4 Å². The number of benzene rings is 1. The SMILES string of the molecule is CCCCCCCCCCCC[CH]COc1ccccc1. The van der Waals surface area contributed by atoms with E-state index in [9.17, 15) is 0 Å². The molecule has 0 aliphatic rings. The Balaban J connectivity index is 1.75. The lowest BCUT2D eigenvalue weighted by Crippen LogP contribution is -1.97. The summed E-state index contributed by atoms with van der Waals surface area (Å²) >= 11 is 0. The van der Waals surface area contributed by atoms with Crippen LogP contribution in [-0.2, 0) is 0 Å². The number of hydrogen-bond donors (Lipinski definition) is 0. The minimum Gasteiger partial charge on any atom is -0.493 e. The molecule has 0 saturated carbocycles. The predicted molar refractivity (Wildman–Crippen MR) is 92.7 cm³/mol. The van der Waals surface area contributed by atoms with E-state index in [1.54, 1.807) is 0 Å². The molecular formula is C20H33O. The van der Waals surface area contributed by atoms with Crippen molar-refractivity contribution in [2.24, 2.45) is 0 Å². The van der Waals surface area contributed by atoms with Gasteiger partial charge >= 0.3 is 0 Å². The quantitative estimate of drug-likeness (QED) is 0.351. The Labute approximate surface area is 132 Å². The van der Waals surface area contributed by atoms with Crippen LogP contribution in [0.3, 0.4) is 0 Å². The molecule has 0 bridgehead atoms. The van der Waals surface area contributed by atoms with Crippen LogP contribution in [0.4, 0.5) is 0 Å². The van der Waals surface area contributed by atoms with Crippen molar-refractivity contribution in [3.05, 3.63) is 36.8 Å². The van der Waals surface area contributed by atoms with E-state index < -0.39 is 0 Å². The van der Waals surface area contributed by atoms with Gasteiger partial charge in [0.25, 0.3) is 0 Å². The molecule has 1 rings (SSSR count). The Morgan fingerprint density at radius 3 is 1.95 bits per heavy atom. The molecule has 0 aliphatic carbocycles. The predicted octanol–water partition coefficient (Wildman–Crippen LogP) is 6.58. The highest BCUT2D eigenvalue weighted by Crippen LogP contribution is 2.12. The van der Waals surface area contributed by atoms with Crippen molar-refractivity contribution in [2.75, 3.05) is 6.61 Å². The van der Waals surface area contributed by atoms with Gasteiger partial charge in [-0.05, 0) is 25.0 Å². The first-order valence-electron chi connectivity index (χ1n) is 8.93. The van der Waals surface area contributed by atoms with Crippen LogP contribution in [0.1, 0.15) is 77.6 Å². The Bertz CT molecular complexity index is 307. The molecular weight excluding hydrogens is 256 g/mol. The molecule has 0 N–H and O–H groups in total. The summed E-state index contributed by atoms with van der Waals surface area (Å²) in [5.74, 6) is 0.969. The molecule has 0 amide bonds. The maximum Gasteiger partial charge on any atom is 0.119 e. The highest BCUT2D eigenvalue weighted by Gasteiger charge is 1.95. The molecule has 0 aliphatic heterocycles. The second kappa shape index (κ2) is 14.0. The molecule has 0 saturated heterocycles. The Kier molecular flexibility index (Phi) is 12.0. The minimum atomic E-state index is 0.738. The Hall–Kier alpha value is -0.980. The van der Waals surface area contributed by atoms with E-state index >= 15 is 0 Å². The zero-order valence-electron chi connectivity index (χ0n) is 13.9. The van der Waals surface area contributed by atoms with Crippen molar-refractivity contribution in [1.29, 1.82) is 0 Å². The van der Waals surface area contributed by atoms with Crippen LogP contribution >= 0.6 is 0 Å². The van der Waals surface area contributed by atoms with Crippen molar-refractivity contribution >= 4 is 0 Å². The van der Waals surface area contributed by atoms with Crippen molar-refractivity contribution < 1.29 is 4.74 Å². The monoisotopic (exact) mass is 289 g/mol. The molecule has 1 aromatic rings.